The van der Waals surface area contributed by atoms with Crippen LogP contribution in [0.4, 0.5) is 0 Å². The first kappa shape index (κ1) is 10.2. The van der Waals surface area contributed by atoms with Gasteiger partial charge in [0.15, 0.2) is 0 Å². The lowest BCUT2D eigenvalue weighted by Crippen LogP contribution is -2.32. The van der Waals surface area contributed by atoms with E-state index in [2.05, 4.69) is 22.5 Å². The first-order valence-corrected chi connectivity index (χ1v) is 5.18. The van der Waals surface area contributed by atoms with Crippen molar-refractivity contribution in [2.45, 2.75) is 37.8 Å². The third-order valence-electron chi connectivity index (χ3n) is 2.14. The van der Waals surface area contributed by atoms with Crippen molar-refractivity contribution in [1.82, 2.24) is 0 Å². The zero-order valence-electron chi connectivity index (χ0n) is 7.26. The van der Waals surface area contributed by atoms with Crippen LogP contribution in [0.3, 0.4) is 0 Å². The second-order valence-corrected chi connectivity index (χ2v) is 4.50. The summed E-state index contributed by atoms with van der Waals surface area (Å²) in [6, 6.07) is 0.340. The van der Waals surface area contributed by atoms with Crippen molar-refractivity contribution in [3.8, 4) is 0 Å². The van der Waals surface area contributed by atoms with Crippen LogP contribution in [0.15, 0.2) is 11.1 Å². The van der Waals surface area contributed by atoms with Crippen molar-refractivity contribution in [2.75, 3.05) is 6.61 Å². The molecule has 1 fully saturated rings. The summed E-state index contributed by atoms with van der Waals surface area (Å²) < 4.78 is 6.49. The maximum absolute atomic E-state index is 5.82. The molecule has 0 aromatic carbocycles. The molecule has 12 heavy (non-hydrogen) atoms. The molecule has 2 unspecified atom stereocenters. The van der Waals surface area contributed by atoms with Crippen LogP contribution < -0.4 is 5.73 Å². The van der Waals surface area contributed by atoms with Crippen LogP contribution in [-0.2, 0) is 4.74 Å². The van der Waals surface area contributed by atoms with Gasteiger partial charge in [-0.2, -0.15) is 0 Å². The van der Waals surface area contributed by atoms with Crippen molar-refractivity contribution in [1.29, 1.82) is 0 Å². The molecule has 70 valence electrons. The lowest BCUT2D eigenvalue weighted by Gasteiger charge is -2.26. The molecule has 0 bridgehead atoms. The highest BCUT2D eigenvalue weighted by atomic mass is 79.9. The smallest absolute Gasteiger partial charge is 0.0779 e. The molecule has 1 saturated carbocycles. The van der Waals surface area contributed by atoms with Crippen molar-refractivity contribution in [2.24, 2.45) is 5.73 Å². The Hall–Kier alpha value is 0.140. The van der Waals surface area contributed by atoms with Crippen molar-refractivity contribution >= 4 is 15.9 Å². The normalized spacial score (nSPS) is 30.2. The molecule has 0 saturated heterocycles. The van der Waals surface area contributed by atoms with Crippen LogP contribution in [0, 0.1) is 0 Å². The van der Waals surface area contributed by atoms with Crippen LogP contribution in [0.5, 0.6) is 0 Å². The van der Waals surface area contributed by atoms with Crippen molar-refractivity contribution in [3.05, 3.63) is 11.1 Å². The first-order chi connectivity index (χ1) is 5.68. The van der Waals surface area contributed by atoms with Gasteiger partial charge in [0, 0.05) is 10.5 Å². The van der Waals surface area contributed by atoms with E-state index in [1.807, 2.05) is 0 Å². The van der Waals surface area contributed by atoms with Crippen LogP contribution >= 0.6 is 15.9 Å². The SMILES string of the molecule is C=C(Br)COC1CCCC(N)C1. The molecule has 1 rings (SSSR count). The molecule has 1 aliphatic carbocycles. The monoisotopic (exact) mass is 233 g/mol. The van der Waals surface area contributed by atoms with E-state index in [0.717, 1.165) is 23.7 Å². The Labute approximate surface area is 82.3 Å². The van der Waals surface area contributed by atoms with Crippen LogP contribution in [0.1, 0.15) is 25.7 Å². The molecule has 0 spiro atoms. The van der Waals surface area contributed by atoms with Crippen molar-refractivity contribution in [3.63, 3.8) is 0 Å². The number of hydrogen-bond donors (Lipinski definition) is 1. The molecule has 0 radical (unpaired) electrons. The van der Waals surface area contributed by atoms with E-state index >= 15 is 0 Å². The average Bonchev–Trinajstić information content (AvgIpc) is 2.01. The fourth-order valence-corrected chi connectivity index (χ4v) is 1.67. The van der Waals surface area contributed by atoms with Gasteiger partial charge in [-0.3, -0.25) is 0 Å². The molecule has 1 aliphatic rings. The Morgan fingerprint density at radius 2 is 2.33 bits per heavy atom. The second kappa shape index (κ2) is 5.00. The summed E-state index contributed by atoms with van der Waals surface area (Å²) in [7, 11) is 0. The molecular weight excluding hydrogens is 218 g/mol. The van der Waals surface area contributed by atoms with E-state index in [-0.39, 0.29) is 0 Å². The molecule has 2 nitrogen and oxygen atoms in total. The Balaban J connectivity index is 2.18. The Morgan fingerprint density at radius 1 is 1.58 bits per heavy atom. The highest BCUT2D eigenvalue weighted by Crippen LogP contribution is 2.20. The zero-order valence-corrected chi connectivity index (χ0v) is 8.85. The maximum atomic E-state index is 5.82. The second-order valence-electron chi connectivity index (χ2n) is 3.38. The Morgan fingerprint density at radius 3 is 2.92 bits per heavy atom. The number of rotatable bonds is 3. The van der Waals surface area contributed by atoms with Gasteiger partial charge >= 0.3 is 0 Å². The number of hydrogen-bond acceptors (Lipinski definition) is 2. The van der Waals surface area contributed by atoms with E-state index in [1.54, 1.807) is 0 Å². The minimum atomic E-state index is 0.340. The number of ether oxygens (including phenoxy) is 1. The molecule has 0 aliphatic heterocycles. The van der Waals surface area contributed by atoms with Gasteiger partial charge in [0.1, 0.15) is 0 Å². The quantitative estimate of drug-likeness (QED) is 0.812. The molecule has 2 atom stereocenters. The van der Waals surface area contributed by atoms with Gasteiger partial charge in [0.2, 0.25) is 0 Å². The van der Waals surface area contributed by atoms with Gasteiger partial charge in [-0.1, -0.05) is 22.5 Å². The minimum Gasteiger partial charge on any atom is -0.373 e. The predicted octanol–water partition coefficient (Wildman–Crippen LogP) is 2.18. The van der Waals surface area contributed by atoms with E-state index < -0.39 is 0 Å². The lowest BCUT2D eigenvalue weighted by molar-refractivity contribution is 0.0402. The number of nitrogens with two attached hydrogens (primary N) is 1. The van der Waals surface area contributed by atoms with E-state index in [4.69, 9.17) is 10.5 Å². The van der Waals surface area contributed by atoms with Gasteiger partial charge in [0.05, 0.1) is 12.7 Å². The highest BCUT2D eigenvalue weighted by molar-refractivity contribution is 9.11. The lowest BCUT2D eigenvalue weighted by atomic mass is 9.94. The van der Waals surface area contributed by atoms with E-state index in [1.165, 1.54) is 6.42 Å². The molecule has 0 aromatic rings. The molecule has 0 aromatic heterocycles. The van der Waals surface area contributed by atoms with Gasteiger partial charge < -0.3 is 10.5 Å². The third kappa shape index (κ3) is 3.70. The first-order valence-electron chi connectivity index (χ1n) is 4.39. The van der Waals surface area contributed by atoms with E-state index in [9.17, 15) is 0 Å². The minimum absolute atomic E-state index is 0.340. The standard InChI is InChI=1S/C9H16BrNO/c1-7(10)6-12-9-4-2-3-8(11)5-9/h8-9H,1-6,11H2. The topological polar surface area (TPSA) is 35.2 Å². The third-order valence-corrected chi connectivity index (χ3v) is 2.37. The number of halogens is 1. The predicted molar refractivity (Wildman–Crippen MR) is 54.3 cm³/mol. The molecule has 2 N–H and O–H groups in total. The van der Waals surface area contributed by atoms with Crippen molar-refractivity contribution < 1.29 is 4.74 Å². The largest absolute Gasteiger partial charge is 0.373 e. The average molecular weight is 234 g/mol. The summed E-state index contributed by atoms with van der Waals surface area (Å²) in [5, 5.41) is 0. The van der Waals surface area contributed by atoms with Gasteiger partial charge in [-0.25, -0.2) is 0 Å². The highest BCUT2D eigenvalue weighted by Gasteiger charge is 2.19. The van der Waals surface area contributed by atoms with Crippen LogP contribution in [0.25, 0.3) is 0 Å². The maximum Gasteiger partial charge on any atom is 0.0779 e. The summed E-state index contributed by atoms with van der Waals surface area (Å²) in [4.78, 5) is 0. The summed E-state index contributed by atoms with van der Waals surface area (Å²) >= 11 is 3.27. The summed E-state index contributed by atoms with van der Waals surface area (Å²) in [6.07, 6.45) is 4.84. The summed E-state index contributed by atoms with van der Waals surface area (Å²) in [5.41, 5.74) is 5.82. The summed E-state index contributed by atoms with van der Waals surface area (Å²) in [6.45, 7) is 4.33. The zero-order chi connectivity index (χ0) is 8.97. The molecule has 3 heteroatoms. The van der Waals surface area contributed by atoms with Gasteiger partial charge in [0.25, 0.3) is 0 Å². The van der Waals surface area contributed by atoms with Gasteiger partial charge in [-0.05, 0) is 25.7 Å². The van der Waals surface area contributed by atoms with E-state index in [0.29, 0.717) is 18.8 Å². The fraction of sp³-hybridized carbons (Fsp3) is 0.778. The Kier molecular flexibility index (Phi) is 4.26. The van der Waals surface area contributed by atoms with Crippen LogP contribution in [0.2, 0.25) is 0 Å². The molecule has 0 heterocycles. The fourth-order valence-electron chi connectivity index (χ4n) is 1.54. The molecular formula is C9H16BrNO. The molecule has 0 amide bonds. The Bertz CT molecular complexity index is 161. The van der Waals surface area contributed by atoms with Crippen LogP contribution in [-0.4, -0.2) is 18.8 Å². The summed E-state index contributed by atoms with van der Waals surface area (Å²) in [5.74, 6) is 0. The van der Waals surface area contributed by atoms with Gasteiger partial charge in [-0.15, -0.1) is 0 Å².